The molecule has 4 aromatic rings. The molecule has 0 saturated carbocycles. The van der Waals surface area contributed by atoms with Gasteiger partial charge >= 0.3 is 12.0 Å². The summed E-state index contributed by atoms with van der Waals surface area (Å²) in [6.45, 7) is 23.2. The Morgan fingerprint density at radius 2 is 1.70 bits per heavy atom. The van der Waals surface area contributed by atoms with E-state index in [1.165, 1.54) is 16.8 Å². The number of esters is 1. The highest BCUT2D eigenvalue weighted by Gasteiger charge is 2.30. The Morgan fingerprint density at radius 3 is 2.43 bits per heavy atom. The van der Waals surface area contributed by atoms with E-state index in [2.05, 4.69) is 72.1 Å². The predicted molar refractivity (Wildman–Crippen MR) is 214 cm³/mol. The van der Waals surface area contributed by atoms with Gasteiger partial charge in [-0.2, -0.15) is 15.1 Å². The number of rotatable bonds is 17. The first kappa shape index (κ1) is 38.7. The number of fused-ring (bicyclic) bond motifs is 2. The maximum atomic E-state index is 12.7. The van der Waals surface area contributed by atoms with Gasteiger partial charge < -0.3 is 28.9 Å². The monoisotopic (exact) mass is 742 g/mol. The highest BCUT2D eigenvalue weighted by Crippen LogP contribution is 2.36. The number of anilines is 2. The van der Waals surface area contributed by atoms with Crippen LogP contribution >= 0.6 is 0 Å². The highest BCUT2D eigenvalue weighted by atomic mass is 28.3. The third-order valence-corrected chi connectivity index (χ3v) is 12.1. The predicted octanol–water partition coefficient (Wildman–Crippen LogP) is 5.60. The van der Waals surface area contributed by atoms with Gasteiger partial charge in [0.2, 0.25) is 0 Å². The maximum absolute atomic E-state index is 12.7. The second-order valence-corrected chi connectivity index (χ2v) is 21.0. The maximum Gasteiger partial charge on any atom is 0.320 e. The van der Waals surface area contributed by atoms with Gasteiger partial charge in [0.1, 0.15) is 25.8 Å². The zero-order valence-corrected chi connectivity index (χ0v) is 33.6. The van der Waals surface area contributed by atoms with E-state index in [-0.39, 0.29) is 12.5 Å². The molecule has 0 aliphatic carbocycles. The number of carbonyl (C=O) groups excluding carboxylic acids is 1. The Balaban J connectivity index is 1.17. The van der Waals surface area contributed by atoms with Crippen molar-refractivity contribution >= 4 is 36.5 Å². The van der Waals surface area contributed by atoms with Crippen LogP contribution in [0.15, 0.2) is 48.7 Å². The number of hydrogen-bond donors (Lipinski definition) is 0. The van der Waals surface area contributed by atoms with Crippen LogP contribution in [-0.4, -0.2) is 116 Å². The molecular formula is C40H58N8O4Si. The number of piperazine rings is 1. The first-order valence-electron chi connectivity index (χ1n) is 19.3. The number of likely N-dealkylation sites (N-methyl/N-ethyl adjacent to an activating group) is 1. The molecule has 0 unspecified atom stereocenters. The molecule has 12 nitrogen and oxygen atoms in total. The molecule has 0 spiro atoms. The third-order valence-electron chi connectivity index (χ3n) is 10.3. The molecule has 2 aromatic carbocycles. The summed E-state index contributed by atoms with van der Waals surface area (Å²) in [5.74, 6) is 0.758. The third kappa shape index (κ3) is 10.1. The number of aromatic nitrogens is 4. The zero-order valence-electron chi connectivity index (χ0n) is 32.6. The largest absolute Gasteiger partial charge is 0.462 e. The van der Waals surface area contributed by atoms with Crippen molar-refractivity contribution in [2.45, 2.75) is 72.8 Å². The van der Waals surface area contributed by atoms with Gasteiger partial charge in [0.05, 0.1) is 36.2 Å². The normalized spacial score (nSPS) is 15.3. The van der Waals surface area contributed by atoms with E-state index >= 15 is 0 Å². The van der Waals surface area contributed by atoms with Crippen LogP contribution in [-0.2, 0) is 40.6 Å². The average Bonchev–Trinajstić information content (AvgIpc) is 3.56. The van der Waals surface area contributed by atoms with Gasteiger partial charge in [-0.15, -0.1) is 0 Å². The second kappa shape index (κ2) is 17.9. The lowest BCUT2D eigenvalue weighted by Crippen LogP contribution is -2.49. The molecule has 1 fully saturated rings. The van der Waals surface area contributed by atoms with Crippen LogP contribution in [0.2, 0.25) is 25.7 Å². The second-order valence-electron chi connectivity index (χ2n) is 15.4. The van der Waals surface area contributed by atoms with Crippen molar-refractivity contribution in [3.63, 3.8) is 0 Å². The number of ether oxygens (including phenoxy) is 3. The molecular weight excluding hydrogens is 685 g/mol. The van der Waals surface area contributed by atoms with Crippen molar-refractivity contribution < 1.29 is 19.0 Å². The SMILES string of the molecule is CCN(CC)CCOc1nc2c(c(N3CCN(CC(=O)OCc4ccccc4)CC3)n1)CCN(c1c(C)ccc3c1cnn3COCC[Si](C)(C)C)C2. The number of carbonyl (C=O) groups is 1. The summed E-state index contributed by atoms with van der Waals surface area (Å²) in [7, 11) is -1.16. The van der Waals surface area contributed by atoms with Crippen molar-refractivity contribution in [3.8, 4) is 6.01 Å². The zero-order chi connectivity index (χ0) is 37.4. The molecule has 0 N–H and O–H groups in total. The molecule has 0 bridgehead atoms. The van der Waals surface area contributed by atoms with E-state index in [0.717, 1.165) is 99.4 Å². The van der Waals surface area contributed by atoms with Crippen LogP contribution in [0.5, 0.6) is 6.01 Å². The Hall–Kier alpha value is -4.04. The Bertz CT molecular complexity index is 1800. The van der Waals surface area contributed by atoms with E-state index in [0.29, 0.717) is 32.5 Å². The van der Waals surface area contributed by atoms with E-state index in [9.17, 15) is 4.79 Å². The quantitative estimate of drug-likeness (QED) is 0.0769. The van der Waals surface area contributed by atoms with E-state index in [1.54, 1.807) is 0 Å². The lowest BCUT2D eigenvalue weighted by molar-refractivity contribution is -0.146. The van der Waals surface area contributed by atoms with Gasteiger partial charge in [-0.05, 0) is 49.7 Å². The fourth-order valence-corrected chi connectivity index (χ4v) is 7.85. The average molecular weight is 743 g/mol. The smallest absolute Gasteiger partial charge is 0.320 e. The van der Waals surface area contributed by atoms with E-state index in [4.69, 9.17) is 29.3 Å². The van der Waals surface area contributed by atoms with Crippen molar-refractivity contribution in [2.24, 2.45) is 0 Å². The van der Waals surface area contributed by atoms with Gasteiger partial charge in [-0.25, -0.2) is 4.68 Å². The molecule has 0 atom stereocenters. The Labute approximate surface area is 316 Å². The minimum Gasteiger partial charge on any atom is -0.462 e. The number of aryl methyl sites for hydroxylation is 1. The van der Waals surface area contributed by atoms with Crippen LogP contribution in [0.3, 0.4) is 0 Å². The van der Waals surface area contributed by atoms with Gasteiger partial charge in [0.15, 0.2) is 0 Å². The number of hydrogen-bond acceptors (Lipinski definition) is 11. The van der Waals surface area contributed by atoms with Crippen LogP contribution in [0.4, 0.5) is 11.5 Å². The molecule has 286 valence electrons. The Kier molecular flexibility index (Phi) is 13.0. The molecule has 2 aromatic heterocycles. The number of nitrogens with zero attached hydrogens (tertiary/aromatic N) is 8. The van der Waals surface area contributed by atoms with Crippen LogP contribution < -0.4 is 14.5 Å². The van der Waals surface area contributed by atoms with E-state index < -0.39 is 8.07 Å². The molecule has 1 saturated heterocycles. The topological polar surface area (TPSA) is 101 Å². The van der Waals surface area contributed by atoms with Crippen molar-refractivity contribution in [2.75, 3.05) is 81.9 Å². The van der Waals surface area contributed by atoms with Gasteiger partial charge in [0.25, 0.3) is 0 Å². The minimum absolute atomic E-state index is 0.198. The van der Waals surface area contributed by atoms with Crippen molar-refractivity contribution in [3.05, 3.63) is 71.0 Å². The fourth-order valence-electron chi connectivity index (χ4n) is 7.10. The number of benzene rings is 2. The lowest BCUT2D eigenvalue weighted by Gasteiger charge is -2.38. The summed E-state index contributed by atoms with van der Waals surface area (Å²) >= 11 is 0. The molecule has 2 aliphatic heterocycles. The van der Waals surface area contributed by atoms with Crippen molar-refractivity contribution in [1.82, 2.24) is 29.5 Å². The van der Waals surface area contributed by atoms with Gasteiger partial charge in [-0.1, -0.05) is 69.9 Å². The standard InChI is InChI=1S/C40H58N8O4Si/c1-7-44(8-2)22-23-51-40-42-35-27-47(38-31(3)14-15-36-34(38)26-41-48(36)30-50-24-25-53(4,5)6)17-16-33(35)39(43-40)46-20-18-45(19-21-46)28-37(49)52-29-32-12-10-9-11-13-32/h9-15,26H,7-8,16-25,27-30H2,1-6H3. The molecule has 13 heteroatoms. The van der Waals surface area contributed by atoms with Gasteiger partial charge in [-0.3, -0.25) is 9.69 Å². The minimum atomic E-state index is -1.16. The molecule has 4 heterocycles. The first-order chi connectivity index (χ1) is 25.6. The summed E-state index contributed by atoms with van der Waals surface area (Å²) in [5.41, 5.74) is 6.67. The summed E-state index contributed by atoms with van der Waals surface area (Å²) < 4.78 is 19.9. The summed E-state index contributed by atoms with van der Waals surface area (Å²) in [6, 6.07) is 15.7. The van der Waals surface area contributed by atoms with E-state index in [1.807, 2.05) is 41.2 Å². The Morgan fingerprint density at radius 1 is 0.925 bits per heavy atom. The molecule has 0 radical (unpaired) electrons. The summed E-state index contributed by atoms with van der Waals surface area (Å²) in [6.07, 6.45) is 2.80. The fraction of sp³-hybridized carbons (Fsp3) is 0.550. The lowest BCUT2D eigenvalue weighted by atomic mass is 10.0. The highest BCUT2D eigenvalue weighted by molar-refractivity contribution is 6.76. The first-order valence-corrected chi connectivity index (χ1v) is 23.0. The van der Waals surface area contributed by atoms with Crippen LogP contribution in [0.25, 0.3) is 10.9 Å². The molecule has 6 rings (SSSR count). The molecule has 0 amide bonds. The molecule has 2 aliphatic rings. The summed E-state index contributed by atoms with van der Waals surface area (Å²) in [4.78, 5) is 32.1. The van der Waals surface area contributed by atoms with Gasteiger partial charge in [0, 0.05) is 64.9 Å². The molecule has 53 heavy (non-hydrogen) atoms. The summed E-state index contributed by atoms with van der Waals surface area (Å²) in [5, 5.41) is 5.89. The van der Waals surface area contributed by atoms with Crippen molar-refractivity contribution in [1.29, 1.82) is 0 Å². The van der Waals surface area contributed by atoms with Crippen LogP contribution in [0, 0.1) is 6.92 Å². The van der Waals surface area contributed by atoms with Crippen LogP contribution in [0.1, 0.15) is 36.2 Å².